The second-order valence-corrected chi connectivity index (χ2v) is 7.54. The summed E-state index contributed by atoms with van der Waals surface area (Å²) in [6.45, 7) is 2.95. The number of likely N-dealkylation sites (tertiary alicyclic amines) is 1. The van der Waals surface area contributed by atoms with Gasteiger partial charge in [0.1, 0.15) is 5.76 Å². The van der Waals surface area contributed by atoms with Gasteiger partial charge in [0.2, 0.25) is 5.91 Å². The first kappa shape index (κ1) is 15.9. The number of carbonyl (C=O) groups is 1. The van der Waals surface area contributed by atoms with Crippen LogP contribution >= 0.6 is 11.3 Å². The Balaban J connectivity index is 1.40. The SMILES string of the molecule is O=C(NCc1ccco1)[C@@H]1C[C@H]2OCC[C@H]2N(Cc2cccs2)C1. The Labute approximate surface area is 145 Å². The van der Waals surface area contributed by atoms with E-state index in [-0.39, 0.29) is 17.9 Å². The van der Waals surface area contributed by atoms with Crippen molar-refractivity contribution in [2.45, 2.75) is 38.1 Å². The number of fused-ring (bicyclic) bond motifs is 1. The van der Waals surface area contributed by atoms with Gasteiger partial charge in [-0.25, -0.2) is 0 Å². The Morgan fingerprint density at radius 3 is 3.12 bits per heavy atom. The third-order valence-electron chi connectivity index (χ3n) is 4.94. The smallest absolute Gasteiger partial charge is 0.224 e. The maximum atomic E-state index is 12.6. The van der Waals surface area contributed by atoms with Gasteiger partial charge >= 0.3 is 0 Å². The molecule has 2 fully saturated rings. The second kappa shape index (κ2) is 7.09. The molecule has 0 aromatic carbocycles. The molecule has 2 aliphatic rings. The predicted molar refractivity (Wildman–Crippen MR) is 91.5 cm³/mol. The summed E-state index contributed by atoms with van der Waals surface area (Å²) in [6, 6.07) is 8.40. The van der Waals surface area contributed by atoms with Crippen LogP contribution in [0.3, 0.4) is 0 Å². The number of ether oxygens (including phenoxy) is 1. The van der Waals surface area contributed by atoms with Crippen LogP contribution in [0.5, 0.6) is 0 Å². The van der Waals surface area contributed by atoms with E-state index in [2.05, 4.69) is 27.7 Å². The highest BCUT2D eigenvalue weighted by atomic mass is 32.1. The van der Waals surface area contributed by atoms with Crippen molar-refractivity contribution in [1.29, 1.82) is 0 Å². The van der Waals surface area contributed by atoms with Crippen LogP contribution in [0.2, 0.25) is 0 Å². The van der Waals surface area contributed by atoms with Crippen LogP contribution in [0, 0.1) is 5.92 Å². The van der Waals surface area contributed by atoms with E-state index in [0.717, 1.165) is 38.3 Å². The topological polar surface area (TPSA) is 54.7 Å². The van der Waals surface area contributed by atoms with Gasteiger partial charge in [0.05, 0.1) is 24.8 Å². The Kier molecular flexibility index (Phi) is 4.69. The molecular formula is C18H22N2O3S. The van der Waals surface area contributed by atoms with Gasteiger partial charge in [-0.1, -0.05) is 6.07 Å². The molecule has 0 aliphatic carbocycles. The highest BCUT2D eigenvalue weighted by molar-refractivity contribution is 7.09. The van der Waals surface area contributed by atoms with Gasteiger partial charge in [-0.15, -0.1) is 11.3 Å². The molecule has 2 saturated heterocycles. The number of nitrogens with zero attached hydrogens (tertiary/aromatic N) is 1. The molecule has 128 valence electrons. The number of piperidine rings is 1. The monoisotopic (exact) mass is 346 g/mol. The molecule has 0 saturated carbocycles. The van der Waals surface area contributed by atoms with Crippen molar-refractivity contribution in [2.75, 3.05) is 13.2 Å². The lowest BCUT2D eigenvalue weighted by Crippen LogP contribution is -2.52. The lowest BCUT2D eigenvalue weighted by molar-refractivity contribution is -0.130. The summed E-state index contributed by atoms with van der Waals surface area (Å²) >= 11 is 1.77. The molecule has 2 aromatic rings. The van der Waals surface area contributed by atoms with E-state index in [4.69, 9.17) is 9.15 Å². The lowest BCUT2D eigenvalue weighted by Gasteiger charge is -2.40. The number of thiophene rings is 1. The van der Waals surface area contributed by atoms with E-state index in [0.29, 0.717) is 12.6 Å². The van der Waals surface area contributed by atoms with E-state index in [1.165, 1.54) is 4.88 Å². The van der Waals surface area contributed by atoms with Gasteiger partial charge in [0, 0.05) is 30.6 Å². The van der Waals surface area contributed by atoms with E-state index < -0.39 is 0 Å². The lowest BCUT2D eigenvalue weighted by atomic mass is 9.89. The Morgan fingerprint density at radius 1 is 1.38 bits per heavy atom. The average Bonchev–Trinajstić information content (AvgIpc) is 3.33. The third kappa shape index (κ3) is 3.41. The van der Waals surface area contributed by atoms with Gasteiger partial charge in [-0.05, 0) is 36.4 Å². The van der Waals surface area contributed by atoms with Crippen molar-refractivity contribution >= 4 is 17.2 Å². The van der Waals surface area contributed by atoms with Gasteiger partial charge in [0.25, 0.3) is 0 Å². The second-order valence-electron chi connectivity index (χ2n) is 6.50. The van der Waals surface area contributed by atoms with Crippen molar-refractivity contribution in [3.8, 4) is 0 Å². The zero-order valence-electron chi connectivity index (χ0n) is 13.5. The molecular weight excluding hydrogens is 324 g/mol. The van der Waals surface area contributed by atoms with E-state index in [1.54, 1.807) is 17.6 Å². The Bertz CT molecular complexity index is 656. The normalized spacial score (nSPS) is 27.1. The first-order valence-corrected chi connectivity index (χ1v) is 9.35. The van der Waals surface area contributed by atoms with Crippen molar-refractivity contribution in [3.05, 3.63) is 46.5 Å². The quantitative estimate of drug-likeness (QED) is 0.904. The summed E-state index contributed by atoms with van der Waals surface area (Å²) in [5, 5.41) is 5.11. The molecule has 6 heteroatoms. The van der Waals surface area contributed by atoms with Crippen LogP contribution in [0.4, 0.5) is 0 Å². The minimum absolute atomic E-state index is 0.0284. The molecule has 2 aliphatic heterocycles. The summed E-state index contributed by atoms with van der Waals surface area (Å²) in [7, 11) is 0. The number of furan rings is 1. The fourth-order valence-electron chi connectivity index (χ4n) is 3.76. The number of hydrogen-bond acceptors (Lipinski definition) is 5. The summed E-state index contributed by atoms with van der Waals surface area (Å²) in [6.07, 6.45) is 3.69. The van der Waals surface area contributed by atoms with E-state index >= 15 is 0 Å². The molecule has 0 bridgehead atoms. The van der Waals surface area contributed by atoms with Crippen molar-refractivity contribution < 1.29 is 13.9 Å². The molecule has 24 heavy (non-hydrogen) atoms. The maximum Gasteiger partial charge on any atom is 0.224 e. The first-order valence-electron chi connectivity index (χ1n) is 8.48. The Hall–Kier alpha value is -1.63. The third-order valence-corrected chi connectivity index (χ3v) is 5.80. The number of nitrogens with one attached hydrogen (secondary N) is 1. The maximum absolute atomic E-state index is 12.6. The van der Waals surface area contributed by atoms with Crippen LogP contribution in [0.15, 0.2) is 40.3 Å². The highest BCUT2D eigenvalue weighted by Gasteiger charge is 2.42. The average molecular weight is 346 g/mol. The number of carbonyl (C=O) groups excluding carboxylic acids is 1. The molecule has 1 amide bonds. The molecule has 0 spiro atoms. The van der Waals surface area contributed by atoms with E-state index in [1.807, 2.05) is 12.1 Å². The van der Waals surface area contributed by atoms with Gasteiger partial charge in [-0.2, -0.15) is 0 Å². The minimum Gasteiger partial charge on any atom is -0.467 e. The summed E-state index contributed by atoms with van der Waals surface area (Å²) < 4.78 is 11.2. The summed E-state index contributed by atoms with van der Waals surface area (Å²) in [5.74, 6) is 0.848. The molecule has 0 unspecified atom stereocenters. The van der Waals surface area contributed by atoms with Crippen LogP contribution in [0.1, 0.15) is 23.5 Å². The molecule has 5 nitrogen and oxygen atoms in total. The standard InChI is InChI=1S/C18H22N2O3S/c21-18(19-10-14-3-1-6-22-14)13-9-17-16(5-7-23-17)20(11-13)12-15-4-2-8-24-15/h1-4,6,8,13,16-17H,5,7,9-12H2,(H,19,21)/t13-,16-,17-/m1/s1. The zero-order chi connectivity index (χ0) is 16.4. The highest BCUT2D eigenvalue weighted by Crippen LogP contribution is 2.33. The van der Waals surface area contributed by atoms with Gasteiger partial charge < -0.3 is 14.5 Å². The molecule has 4 heterocycles. The summed E-state index contributed by atoms with van der Waals surface area (Å²) in [5.41, 5.74) is 0. The minimum atomic E-state index is -0.0284. The number of rotatable bonds is 5. The zero-order valence-corrected chi connectivity index (χ0v) is 14.3. The molecule has 2 aromatic heterocycles. The summed E-state index contributed by atoms with van der Waals surface area (Å²) in [4.78, 5) is 16.4. The fraction of sp³-hybridized carbons (Fsp3) is 0.500. The predicted octanol–water partition coefficient (Wildman–Crippen LogP) is 2.64. The van der Waals surface area contributed by atoms with Crippen LogP contribution in [-0.2, 0) is 22.6 Å². The van der Waals surface area contributed by atoms with Crippen molar-refractivity contribution in [2.24, 2.45) is 5.92 Å². The molecule has 4 rings (SSSR count). The molecule has 1 N–H and O–H groups in total. The van der Waals surface area contributed by atoms with Gasteiger partial charge in [-0.3, -0.25) is 9.69 Å². The first-order chi connectivity index (χ1) is 11.8. The fourth-order valence-corrected chi connectivity index (χ4v) is 4.49. The van der Waals surface area contributed by atoms with Crippen molar-refractivity contribution in [3.63, 3.8) is 0 Å². The molecule has 0 radical (unpaired) electrons. The number of hydrogen-bond donors (Lipinski definition) is 1. The molecule has 3 atom stereocenters. The Morgan fingerprint density at radius 2 is 2.33 bits per heavy atom. The van der Waals surface area contributed by atoms with E-state index in [9.17, 15) is 4.79 Å². The van der Waals surface area contributed by atoms with Crippen LogP contribution in [0.25, 0.3) is 0 Å². The van der Waals surface area contributed by atoms with Crippen LogP contribution < -0.4 is 5.32 Å². The van der Waals surface area contributed by atoms with Crippen molar-refractivity contribution in [1.82, 2.24) is 10.2 Å². The van der Waals surface area contributed by atoms with Crippen LogP contribution in [-0.4, -0.2) is 36.1 Å². The number of amides is 1. The van der Waals surface area contributed by atoms with Gasteiger partial charge in [0.15, 0.2) is 0 Å². The largest absolute Gasteiger partial charge is 0.467 e.